The third-order valence-electron chi connectivity index (χ3n) is 4.45. The molecule has 1 saturated carbocycles. The minimum absolute atomic E-state index is 0.0635. The maximum atomic E-state index is 14.6. The molecule has 1 fully saturated rings. The van der Waals surface area contributed by atoms with Crippen LogP contribution >= 0.6 is 39.0 Å². The van der Waals surface area contributed by atoms with Crippen LogP contribution in [0.5, 0.6) is 0 Å². The highest BCUT2D eigenvalue weighted by atomic mass is 79.9. The van der Waals surface area contributed by atoms with Crippen LogP contribution in [0, 0.1) is 5.82 Å². The minimum Gasteiger partial charge on any atom is -0.481 e. The number of aliphatic carboxylic acids is 1. The Hall–Kier alpha value is -1.65. The lowest BCUT2D eigenvalue weighted by Crippen LogP contribution is -2.47. The van der Waals surface area contributed by atoms with Crippen LogP contribution in [0.3, 0.4) is 0 Å². The van der Waals surface area contributed by atoms with Gasteiger partial charge >= 0.3 is 12.0 Å². The maximum Gasteiger partial charge on any atom is 0.330 e. The van der Waals surface area contributed by atoms with Crippen LogP contribution in [0.2, 0.25) is 0 Å². The number of thiazole rings is 1. The largest absolute Gasteiger partial charge is 0.481 e. The highest BCUT2D eigenvalue weighted by Gasteiger charge is 2.33. The molecule has 0 unspecified atom stereocenters. The summed E-state index contributed by atoms with van der Waals surface area (Å²) in [4.78, 5) is 31.2. The molecule has 1 heterocycles. The molecule has 0 bridgehead atoms. The van der Waals surface area contributed by atoms with Crippen molar-refractivity contribution in [2.24, 2.45) is 0 Å². The summed E-state index contributed by atoms with van der Waals surface area (Å²) in [7, 11) is 1.60. The number of carbonyl (C=O) groups excluding carboxylic acids is 1. The van der Waals surface area contributed by atoms with Crippen LogP contribution in [-0.2, 0) is 4.79 Å². The van der Waals surface area contributed by atoms with Gasteiger partial charge in [0.25, 0.3) is 0 Å². The second-order valence-corrected chi connectivity index (χ2v) is 9.59. The first-order valence-corrected chi connectivity index (χ1v) is 11.3. The van der Waals surface area contributed by atoms with Gasteiger partial charge in [0, 0.05) is 17.6 Å². The molecule has 1 aliphatic rings. The highest BCUT2D eigenvalue weighted by Crippen LogP contribution is 2.35. The quantitative estimate of drug-likeness (QED) is 0.564. The number of carbonyl (C=O) groups is 2. The smallest absolute Gasteiger partial charge is 0.330 e. The molecule has 0 saturated heterocycles. The fourth-order valence-electron chi connectivity index (χ4n) is 3.14. The van der Waals surface area contributed by atoms with E-state index in [1.165, 1.54) is 27.2 Å². The highest BCUT2D eigenvalue weighted by molar-refractivity contribution is 9.10. The maximum absolute atomic E-state index is 14.6. The normalized spacial score (nSPS) is 14.2. The monoisotopic (exact) mass is 487 g/mol. The van der Waals surface area contributed by atoms with Crippen LogP contribution in [0.4, 0.5) is 20.0 Å². The lowest BCUT2D eigenvalue weighted by Gasteiger charge is -2.32. The van der Waals surface area contributed by atoms with Gasteiger partial charge in [0.15, 0.2) is 5.13 Å². The van der Waals surface area contributed by atoms with Gasteiger partial charge in [0.1, 0.15) is 5.82 Å². The Morgan fingerprint density at radius 3 is 2.75 bits per heavy atom. The van der Waals surface area contributed by atoms with Crippen molar-refractivity contribution in [1.29, 1.82) is 0 Å². The molecule has 10 heteroatoms. The van der Waals surface area contributed by atoms with Crippen LogP contribution < -0.4 is 9.80 Å². The van der Waals surface area contributed by atoms with Gasteiger partial charge in [-0.1, -0.05) is 40.1 Å². The van der Waals surface area contributed by atoms with Crippen molar-refractivity contribution in [2.45, 2.75) is 35.9 Å². The number of hydrogen-bond donors (Lipinski definition) is 1. The summed E-state index contributed by atoms with van der Waals surface area (Å²) >= 11 is 5.64. The zero-order chi connectivity index (χ0) is 20.3. The number of amides is 2. The van der Waals surface area contributed by atoms with Gasteiger partial charge in [-0.15, -0.1) is 11.8 Å². The number of thioether (sulfide) groups is 1. The summed E-state index contributed by atoms with van der Waals surface area (Å²) in [5.74, 6) is -1.44. The molecule has 1 aromatic heterocycles. The van der Waals surface area contributed by atoms with Crippen LogP contribution in [-0.4, -0.2) is 40.9 Å². The number of urea groups is 1. The second-order valence-electron chi connectivity index (χ2n) is 6.39. The molecule has 1 N–H and O–H groups in total. The van der Waals surface area contributed by atoms with E-state index < -0.39 is 11.8 Å². The van der Waals surface area contributed by atoms with Crippen LogP contribution in [0.25, 0.3) is 0 Å². The molecule has 0 radical (unpaired) electrons. The summed E-state index contributed by atoms with van der Waals surface area (Å²) < 4.78 is 16.0. The zero-order valence-electron chi connectivity index (χ0n) is 15.1. The first-order valence-electron chi connectivity index (χ1n) is 8.69. The lowest BCUT2D eigenvalue weighted by atomic mass is 10.1. The number of halogens is 2. The summed E-state index contributed by atoms with van der Waals surface area (Å²) in [5.41, 5.74) is 0.254. The first-order chi connectivity index (χ1) is 13.4. The van der Waals surface area contributed by atoms with Gasteiger partial charge in [-0.05, 0) is 31.0 Å². The lowest BCUT2D eigenvalue weighted by molar-refractivity contribution is -0.133. The van der Waals surface area contributed by atoms with Crippen molar-refractivity contribution in [1.82, 2.24) is 4.98 Å². The molecular weight excluding hydrogens is 469 g/mol. The Bertz CT molecular complexity index is 874. The molecule has 0 atom stereocenters. The fraction of sp³-hybridized carbons (Fsp3) is 0.389. The number of nitrogens with zero attached hydrogens (tertiary/aromatic N) is 3. The molecule has 150 valence electrons. The van der Waals surface area contributed by atoms with E-state index in [2.05, 4.69) is 20.9 Å². The molecule has 6 nitrogen and oxygen atoms in total. The Morgan fingerprint density at radius 2 is 2.11 bits per heavy atom. The van der Waals surface area contributed by atoms with Crippen molar-refractivity contribution in [2.75, 3.05) is 22.6 Å². The van der Waals surface area contributed by atoms with Crippen molar-refractivity contribution in [3.8, 4) is 0 Å². The van der Waals surface area contributed by atoms with E-state index in [1.54, 1.807) is 25.4 Å². The van der Waals surface area contributed by atoms with Gasteiger partial charge in [0.05, 0.1) is 21.8 Å². The van der Waals surface area contributed by atoms with Crippen LogP contribution in [0.15, 0.2) is 33.1 Å². The molecule has 3 rings (SSSR count). The van der Waals surface area contributed by atoms with E-state index in [0.717, 1.165) is 37.4 Å². The summed E-state index contributed by atoms with van der Waals surface area (Å²) in [6.45, 7) is 0. The number of benzene rings is 1. The molecule has 28 heavy (non-hydrogen) atoms. The third-order valence-corrected chi connectivity index (χ3v) is 7.20. The van der Waals surface area contributed by atoms with Crippen LogP contribution in [0.1, 0.15) is 25.7 Å². The van der Waals surface area contributed by atoms with E-state index in [1.807, 2.05) is 0 Å². The SMILES string of the molecule is CN(C(=O)N(c1ccc(Br)cc1F)C1CCCC1)c1ncc(SCC(=O)O)s1. The molecule has 0 spiro atoms. The summed E-state index contributed by atoms with van der Waals surface area (Å²) in [6, 6.07) is 4.27. The molecule has 0 aliphatic heterocycles. The second kappa shape index (κ2) is 9.23. The van der Waals surface area contributed by atoms with E-state index in [0.29, 0.717) is 13.8 Å². The number of rotatable bonds is 6. The summed E-state index contributed by atoms with van der Waals surface area (Å²) in [5, 5.41) is 9.24. The number of aromatic nitrogens is 1. The van der Waals surface area contributed by atoms with E-state index in [-0.39, 0.29) is 23.5 Å². The Labute approximate surface area is 178 Å². The Balaban J connectivity index is 1.85. The predicted octanol–water partition coefficient (Wildman–Crippen LogP) is 5.23. The number of carboxylic acids is 1. The topological polar surface area (TPSA) is 73.7 Å². The molecule has 1 aliphatic carbocycles. The van der Waals surface area contributed by atoms with E-state index in [9.17, 15) is 14.0 Å². The van der Waals surface area contributed by atoms with Gasteiger partial charge in [-0.3, -0.25) is 14.6 Å². The first kappa shape index (κ1) is 21.1. The van der Waals surface area contributed by atoms with Gasteiger partial charge in [-0.2, -0.15) is 0 Å². The minimum atomic E-state index is -0.914. The number of hydrogen-bond acceptors (Lipinski definition) is 5. The third kappa shape index (κ3) is 4.84. The van der Waals surface area contributed by atoms with Crippen molar-refractivity contribution in [3.63, 3.8) is 0 Å². The van der Waals surface area contributed by atoms with Gasteiger partial charge in [0.2, 0.25) is 0 Å². The van der Waals surface area contributed by atoms with Gasteiger partial charge < -0.3 is 5.11 Å². The Kier molecular flexibility index (Phi) is 6.95. The van der Waals surface area contributed by atoms with E-state index >= 15 is 0 Å². The van der Waals surface area contributed by atoms with Crippen molar-refractivity contribution >= 4 is 61.8 Å². The predicted molar refractivity (Wildman–Crippen MR) is 113 cm³/mol. The molecule has 1 aromatic carbocycles. The Morgan fingerprint density at radius 1 is 1.39 bits per heavy atom. The average Bonchev–Trinajstić information content (AvgIpc) is 3.33. The fourth-order valence-corrected chi connectivity index (χ4v) is 5.11. The van der Waals surface area contributed by atoms with E-state index in [4.69, 9.17) is 5.11 Å². The van der Waals surface area contributed by atoms with Crippen molar-refractivity contribution in [3.05, 3.63) is 34.7 Å². The molecule has 2 amide bonds. The van der Waals surface area contributed by atoms with Crippen molar-refractivity contribution < 1.29 is 19.1 Å². The van der Waals surface area contributed by atoms with Gasteiger partial charge in [-0.25, -0.2) is 14.2 Å². The average molecular weight is 488 g/mol. The zero-order valence-corrected chi connectivity index (χ0v) is 18.3. The molecular formula is C18H19BrFN3O3S2. The number of anilines is 2. The molecule has 2 aromatic rings. The number of carboxylic acid groups (broad SMARTS) is 1. The summed E-state index contributed by atoms with van der Waals surface area (Å²) in [6.07, 6.45) is 5.21. The standard InChI is InChI=1S/C18H19BrFN3O3S2/c1-22(17-21-9-16(28-17)27-10-15(24)25)18(26)23(12-4-2-3-5-12)14-7-6-11(19)8-13(14)20/h6-9,12H,2-5,10H2,1H3,(H,24,25).